The molecule has 1 fully saturated rings. The van der Waals surface area contributed by atoms with E-state index in [4.69, 9.17) is 9.47 Å². The lowest BCUT2D eigenvalue weighted by Gasteiger charge is -2.27. The Morgan fingerprint density at radius 2 is 2.27 bits per heavy atom. The monoisotopic (exact) mass is 211 g/mol. The lowest BCUT2D eigenvalue weighted by molar-refractivity contribution is 0.00749. The molecule has 82 valence electrons. The number of ether oxygens (including phenoxy) is 2. The van der Waals surface area contributed by atoms with E-state index in [9.17, 15) is 4.39 Å². The zero-order valence-electron chi connectivity index (χ0n) is 8.63. The van der Waals surface area contributed by atoms with Gasteiger partial charge in [-0.3, -0.25) is 0 Å². The predicted molar refractivity (Wildman–Crippen MR) is 54.4 cm³/mol. The molecule has 0 atom stereocenters. The van der Waals surface area contributed by atoms with E-state index in [1.807, 2.05) is 0 Å². The lowest BCUT2D eigenvalue weighted by Crippen LogP contribution is -2.48. The standard InChI is InChI=1S/C11H14FNO2/c1-14-11-4-8(2-3-10(11)12)7-15-9-5-13-6-9/h2-4,9,13H,5-7H2,1H3. The second-order valence-electron chi connectivity index (χ2n) is 3.56. The number of halogens is 1. The van der Waals surface area contributed by atoms with Crippen LogP contribution in [0.1, 0.15) is 5.56 Å². The van der Waals surface area contributed by atoms with E-state index in [0.29, 0.717) is 12.7 Å². The van der Waals surface area contributed by atoms with Crippen molar-refractivity contribution in [1.82, 2.24) is 5.32 Å². The van der Waals surface area contributed by atoms with E-state index in [2.05, 4.69) is 5.32 Å². The molecule has 3 nitrogen and oxygen atoms in total. The highest BCUT2D eigenvalue weighted by molar-refractivity contribution is 5.29. The zero-order valence-corrected chi connectivity index (χ0v) is 8.63. The molecule has 0 amide bonds. The van der Waals surface area contributed by atoms with Crippen LogP contribution < -0.4 is 10.1 Å². The molecule has 0 radical (unpaired) electrons. The minimum atomic E-state index is -0.341. The van der Waals surface area contributed by atoms with Crippen LogP contribution in [-0.2, 0) is 11.3 Å². The first-order valence-corrected chi connectivity index (χ1v) is 4.94. The van der Waals surface area contributed by atoms with Crippen molar-refractivity contribution in [2.24, 2.45) is 0 Å². The van der Waals surface area contributed by atoms with Crippen LogP contribution in [-0.4, -0.2) is 26.3 Å². The molecule has 1 heterocycles. The van der Waals surface area contributed by atoms with Gasteiger partial charge in [0.2, 0.25) is 0 Å². The summed E-state index contributed by atoms with van der Waals surface area (Å²) in [6.45, 7) is 2.31. The van der Waals surface area contributed by atoms with Gasteiger partial charge in [0.1, 0.15) is 0 Å². The van der Waals surface area contributed by atoms with Crippen LogP contribution in [0.4, 0.5) is 4.39 Å². The summed E-state index contributed by atoms with van der Waals surface area (Å²) in [5.41, 5.74) is 0.931. The van der Waals surface area contributed by atoms with Crippen molar-refractivity contribution in [2.75, 3.05) is 20.2 Å². The van der Waals surface area contributed by atoms with Gasteiger partial charge in [-0.1, -0.05) is 6.07 Å². The Balaban J connectivity index is 1.95. The SMILES string of the molecule is COc1cc(COC2CNC2)ccc1F. The van der Waals surface area contributed by atoms with Crippen LogP contribution in [0.5, 0.6) is 5.75 Å². The molecule has 1 aromatic carbocycles. The van der Waals surface area contributed by atoms with Crippen molar-refractivity contribution >= 4 is 0 Å². The van der Waals surface area contributed by atoms with Gasteiger partial charge in [-0.15, -0.1) is 0 Å². The van der Waals surface area contributed by atoms with Gasteiger partial charge in [-0.05, 0) is 17.7 Å². The molecule has 1 aliphatic heterocycles. The van der Waals surface area contributed by atoms with Gasteiger partial charge in [0.05, 0.1) is 19.8 Å². The summed E-state index contributed by atoms with van der Waals surface area (Å²) < 4.78 is 23.5. The molecule has 0 aliphatic carbocycles. The highest BCUT2D eigenvalue weighted by Gasteiger charge is 2.16. The van der Waals surface area contributed by atoms with Gasteiger partial charge >= 0.3 is 0 Å². The number of rotatable bonds is 4. The minimum absolute atomic E-state index is 0.267. The van der Waals surface area contributed by atoms with Crippen molar-refractivity contribution in [3.8, 4) is 5.75 Å². The first-order chi connectivity index (χ1) is 7.29. The van der Waals surface area contributed by atoms with Crippen molar-refractivity contribution in [1.29, 1.82) is 0 Å². The van der Waals surface area contributed by atoms with E-state index in [0.717, 1.165) is 18.7 Å². The maximum atomic E-state index is 13.1. The highest BCUT2D eigenvalue weighted by Crippen LogP contribution is 2.19. The molecule has 15 heavy (non-hydrogen) atoms. The van der Waals surface area contributed by atoms with Crippen molar-refractivity contribution in [3.05, 3.63) is 29.6 Å². The van der Waals surface area contributed by atoms with E-state index in [-0.39, 0.29) is 11.6 Å². The van der Waals surface area contributed by atoms with E-state index in [1.54, 1.807) is 12.1 Å². The molecule has 1 aromatic rings. The summed E-state index contributed by atoms with van der Waals surface area (Å²) in [7, 11) is 1.46. The van der Waals surface area contributed by atoms with Crippen LogP contribution in [0.2, 0.25) is 0 Å². The molecule has 0 spiro atoms. The Labute approximate surface area is 88.2 Å². The Morgan fingerprint density at radius 1 is 1.47 bits per heavy atom. The lowest BCUT2D eigenvalue weighted by atomic mass is 10.2. The summed E-state index contributed by atoms with van der Waals surface area (Å²) in [5.74, 6) is -0.0746. The zero-order chi connectivity index (χ0) is 10.7. The molecule has 1 aliphatic rings. The van der Waals surface area contributed by atoms with Crippen molar-refractivity contribution in [2.45, 2.75) is 12.7 Å². The fraction of sp³-hybridized carbons (Fsp3) is 0.455. The number of hydrogen-bond donors (Lipinski definition) is 1. The summed E-state index contributed by atoms with van der Waals surface area (Å²) in [5, 5.41) is 3.12. The van der Waals surface area contributed by atoms with Gasteiger partial charge in [-0.25, -0.2) is 4.39 Å². The molecule has 0 saturated carbocycles. The van der Waals surface area contributed by atoms with Crippen molar-refractivity contribution < 1.29 is 13.9 Å². The molecular formula is C11H14FNO2. The Hall–Kier alpha value is -1.13. The Kier molecular flexibility index (Phi) is 3.18. The summed E-state index contributed by atoms with van der Waals surface area (Å²) in [6.07, 6.45) is 0.293. The second-order valence-corrected chi connectivity index (χ2v) is 3.56. The van der Waals surface area contributed by atoms with Crippen LogP contribution >= 0.6 is 0 Å². The van der Waals surface area contributed by atoms with Gasteiger partial charge in [-0.2, -0.15) is 0 Å². The fourth-order valence-electron chi connectivity index (χ4n) is 1.39. The Morgan fingerprint density at radius 3 is 2.87 bits per heavy atom. The number of methoxy groups -OCH3 is 1. The van der Waals surface area contributed by atoms with Gasteiger partial charge in [0.25, 0.3) is 0 Å². The van der Waals surface area contributed by atoms with Gasteiger partial charge < -0.3 is 14.8 Å². The topological polar surface area (TPSA) is 30.5 Å². The highest BCUT2D eigenvalue weighted by atomic mass is 19.1. The van der Waals surface area contributed by atoms with Crippen LogP contribution in [0, 0.1) is 5.82 Å². The van der Waals surface area contributed by atoms with E-state index in [1.165, 1.54) is 13.2 Å². The molecule has 0 unspecified atom stereocenters. The predicted octanol–water partition coefficient (Wildman–Crippen LogP) is 1.32. The average Bonchev–Trinajstić information content (AvgIpc) is 2.18. The minimum Gasteiger partial charge on any atom is -0.494 e. The first-order valence-electron chi connectivity index (χ1n) is 4.94. The molecule has 2 rings (SSSR count). The number of benzene rings is 1. The maximum absolute atomic E-state index is 13.1. The summed E-state index contributed by atoms with van der Waals surface area (Å²) in [6, 6.07) is 4.78. The molecule has 0 bridgehead atoms. The third-order valence-corrected chi connectivity index (χ3v) is 2.45. The smallest absolute Gasteiger partial charge is 0.165 e. The second kappa shape index (κ2) is 4.59. The molecule has 1 saturated heterocycles. The normalized spacial score (nSPS) is 16.1. The van der Waals surface area contributed by atoms with Crippen LogP contribution in [0.15, 0.2) is 18.2 Å². The van der Waals surface area contributed by atoms with Gasteiger partial charge in [0.15, 0.2) is 11.6 Å². The maximum Gasteiger partial charge on any atom is 0.165 e. The van der Waals surface area contributed by atoms with Gasteiger partial charge in [0, 0.05) is 13.1 Å². The van der Waals surface area contributed by atoms with Crippen LogP contribution in [0.3, 0.4) is 0 Å². The largest absolute Gasteiger partial charge is 0.494 e. The summed E-state index contributed by atoms with van der Waals surface area (Å²) in [4.78, 5) is 0. The molecular weight excluding hydrogens is 197 g/mol. The summed E-state index contributed by atoms with van der Waals surface area (Å²) >= 11 is 0. The number of nitrogens with one attached hydrogen (secondary N) is 1. The Bertz CT molecular complexity index is 339. The third-order valence-electron chi connectivity index (χ3n) is 2.45. The number of hydrogen-bond acceptors (Lipinski definition) is 3. The fourth-order valence-corrected chi connectivity index (χ4v) is 1.39. The quantitative estimate of drug-likeness (QED) is 0.814. The molecule has 0 aromatic heterocycles. The van der Waals surface area contributed by atoms with E-state index >= 15 is 0 Å². The van der Waals surface area contributed by atoms with Crippen LogP contribution in [0.25, 0.3) is 0 Å². The average molecular weight is 211 g/mol. The molecule has 1 N–H and O–H groups in total. The third kappa shape index (κ3) is 2.46. The van der Waals surface area contributed by atoms with Crippen molar-refractivity contribution in [3.63, 3.8) is 0 Å². The molecule has 4 heteroatoms. The first kappa shape index (κ1) is 10.4. The van der Waals surface area contributed by atoms with E-state index < -0.39 is 0 Å².